The lowest BCUT2D eigenvalue weighted by Crippen LogP contribution is -2.45. The fourth-order valence-corrected chi connectivity index (χ4v) is 3.64. The van der Waals surface area contributed by atoms with Gasteiger partial charge in [-0.05, 0) is 69.2 Å². The van der Waals surface area contributed by atoms with Gasteiger partial charge in [0.25, 0.3) is 0 Å². The van der Waals surface area contributed by atoms with Crippen molar-refractivity contribution in [3.05, 3.63) is 34.1 Å². The van der Waals surface area contributed by atoms with E-state index in [1.54, 1.807) is 6.07 Å². The maximum Gasteiger partial charge on any atom is 0.123 e. The molecule has 2 rings (SSSR count). The van der Waals surface area contributed by atoms with Crippen LogP contribution in [0.1, 0.15) is 58.4 Å². The monoisotopic (exact) mass is 355 g/mol. The molecule has 1 aliphatic rings. The molecule has 0 radical (unpaired) electrons. The van der Waals surface area contributed by atoms with E-state index in [-0.39, 0.29) is 16.8 Å². The van der Waals surface area contributed by atoms with Gasteiger partial charge in [0, 0.05) is 16.6 Å². The molecule has 0 saturated heterocycles. The molecule has 1 fully saturated rings. The van der Waals surface area contributed by atoms with Gasteiger partial charge in [-0.25, -0.2) is 4.39 Å². The zero-order chi connectivity index (χ0) is 15.5. The van der Waals surface area contributed by atoms with Gasteiger partial charge < -0.3 is 5.32 Å². The van der Waals surface area contributed by atoms with Crippen molar-refractivity contribution >= 4 is 15.9 Å². The van der Waals surface area contributed by atoms with Crippen LogP contribution in [-0.2, 0) is 6.42 Å². The average molecular weight is 356 g/mol. The molecule has 118 valence electrons. The van der Waals surface area contributed by atoms with Crippen molar-refractivity contribution in [3.63, 3.8) is 0 Å². The Labute approximate surface area is 136 Å². The zero-order valence-corrected chi connectivity index (χ0v) is 15.0. The molecule has 0 aliphatic heterocycles. The Morgan fingerprint density at radius 1 is 1.19 bits per heavy atom. The van der Waals surface area contributed by atoms with Gasteiger partial charge in [-0.3, -0.25) is 0 Å². The molecule has 0 heterocycles. The number of halogens is 2. The van der Waals surface area contributed by atoms with Crippen molar-refractivity contribution in [1.29, 1.82) is 0 Å². The van der Waals surface area contributed by atoms with E-state index in [1.165, 1.54) is 38.2 Å². The van der Waals surface area contributed by atoms with E-state index in [9.17, 15) is 4.39 Å². The summed E-state index contributed by atoms with van der Waals surface area (Å²) in [4.78, 5) is 0. The van der Waals surface area contributed by atoms with Crippen LogP contribution in [0.3, 0.4) is 0 Å². The minimum absolute atomic E-state index is 0.129. The minimum Gasteiger partial charge on any atom is -0.312 e. The highest BCUT2D eigenvalue weighted by atomic mass is 79.9. The van der Waals surface area contributed by atoms with Gasteiger partial charge >= 0.3 is 0 Å². The largest absolute Gasteiger partial charge is 0.312 e. The third kappa shape index (κ3) is 5.07. The minimum atomic E-state index is -0.136. The Morgan fingerprint density at radius 2 is 1.86 bits per heavy atom. The van der Waals surface area contributed by atoms with Crippen molar-refractivity contribution in [2.45, 2.75) is 64.8 Å². The quantitative estimate of drug-likeness (QED) is 0.754. The summed E-state index contributed by atoms with van der Waals surface area (Å²) in [5.41, 5.74) is 1.50. The number of rotatable bonds is 4. The molecule has 0 bridgehead atoms. The third-order valence-electron chi connectivity index (χ3n) is 4.48. The maximum atomic E-state index is 13.6. The topological polar surface area (TPSA) is 12.0 Å². The van der Waals surface area contributed by atoms with E-state index in [1.807, 2.05) is 6.07 Å². The van der Waals surface area contributed by atoms with Crippen molar-refractivity contribution in [2.24, 2.45) is 5.41 Å². The Kier molecular flexibility index (Phi) is 5.48. The number of hydrogen-bond acceptors (Lipinski definition) is 1. The van der Waals surface area contributed by atoms with Crippen LogP contribution in [0.4, 0.5) is 4.39 Å². The maximum absolute atomic E-state index is 13.6. The summed E-state index contributed by atoms with van der Waals surface area (Å²) in [5, 5.41) is 3.68. The van der Waals surface area contributed by atoms with E-state index in [0.717, 1.165) is 23.0 Å². The highest BCUT2D eigenvalue weighted by Crippen LogP contribution is 2.40. The molecule has 0 spiro atoms. The predicted molar refractivity (Wildman–Crippen MR) is 91.1 cm³/mol. The van der Waals surface area contributed by atoms with Crippen LogP contribution in [0.2, 0.25) is 0 Å². The van der Waals surface area contributed by atoms with Gasteiger partial charge in [0.2, 0.25) is 0 Å². The molecule has 1 aliphatic carbocycles. The molecular weight excluding hydrogens is 329 g/mol. The van der Waals surface area contributed by atoms with E-state index in [0.29, 0.717) is 0 Å². The Bertz CT molecular complexity index is 473. The molecule has 0 aromatic heterocycles. The van der Waals surface area contributed by atoms with E-state index in [2.05, 4.69) is 42.0 Å². The summed E-state index contributed by atoms with van der Waals surface area (Å²) in [7, 11) is 0. The van der Waals surface area contributed by atoms with Gasteiger partial charge in [-0.2, -0.15) is 0 Å². The molecule has 1 aromatic rings. The first-order chi connectivity index (χ1) is 9.80. The lowest BCUT2D eigenvalue weighted by Gasteiger charge is -2.40. The lowest BCUT2D eigenvalue weighted by atomic mass is 9.70. The average Bonchev–Trinajstić information content (AvgIpc) is 2.41. The van der Waals surface area contributed by atoms with Crippen molar-refractivity contribution < 1.29 is 4.39 Å². The second kappa shape index (κ2) is 6.78. The molecule has 1 nitrogen and oxygen atoms in total. The van der Waals surface area contributed by atoms with Gasteiger partial charge in [-0.15, -0.1) is 0 Å². The van der Waals surface area contributed by atoms with Crippen molar-refractivity contribution in [2.75, 3.05) is 6.54 Å². The Hall–Kier alpha value is -0.410. The van der Waals surface area contributed by atoms with Gasteiger partial charge in [0.15, 0.2) is 0 Å². The summed E-state index contributed by atoms with van der Waals surface area (Å²) in [5.74, 6) is -0.136. The highest BCUT2D eigenvalue weighted by Gasteiger charge is 2.33. The number of nitrogens with one attached hydrogen (secondary N) is 1. The first kappa shape index (κ1) is 17.0. The number of benzene rings is 1. The summed E-state index contributed by atoms with van der Waals surface area (Å²) >= 11 is 3.58. The molecular formula is C18H27BrFN. The molecule has 3 heteroatoms. The smallest absolute Gasteiger partial charge is 0.123 e. The SMILES string of the molecule is CC(C)(C)NCC1(Cc2cc(F)ccc2Br)CCCCC1. The normalized spacial score (nSPS) is 18.7. The van der Waals surface area contributed by atoms with Crippen LogP contribution in [0.25, 0.3) is 0 Å². The third-order valence-corrected chi connectivity index (χ3v) is 5.25. The van der Waals surface area contributed by atoms with E-state index >= 15 is 0 Å². The van der Waals surface area contributed by atoms with Crippen LogP contribution in [0, 0.1) is 11.2 Å². The molecule has 21 heavy (non-hydrogen) atoms. The first-order valence-corrected chi connectivity index (χ1v) is 8.78. The van der Waals surface area contributed by atoms with Crippen LogP contribution >= 0.6 is 15.9 Å². The molecule has 0 atom stereocenters. The molecule has 1 aromatic carbocycles. The second-order valence-electron chi connectivity index (χ2n) is 7.58. The van der Waals surface area contributed by atoms with Crippen LogP contribution < -0.4 is 5.32 Å². The summed E-state index contributed by atoms with van der Waals surface area (Å²) in [6, 6.07) is 5.05. The Balaban J connectivity index is 2.17. The molecule has 0 unspecified atom stereocenters. The summed E-state index contributed by atoms with van der Waals surface area (Å²) in [6.45, 7) is 7.64. The van der Waals surface area contributed by atoms with Crippen LogP contribution in [0.15, 0.2) is 22.7 Å². The van der Waals surface area contributed by atoms with Gasteiger partial charge in [0.1, 0.15) is 5.82 Å². The van der Waals surface area contributed by atoms with Gasteiger partial charge in [-0.1, -0.05) is 35.2 Å². The summed E-state index contributed by atoms with van der Waals surface area (Å²) < 4.78 is 14.6. The van der Waals surface area contributed by atoms with E-state index in [4.69, 9.17) is 0 Å². The first-order valence-electron chi connectivity index (χ1n) is 7.99. The predicted octanol–water partition coefficient (Wildman–Crippen LogP) is 5.47. The molecule has 1 saturated carbocycles. The van der Waals surface area contributed by atoms with E-state index < -0.39 is 0 Å². The van der Waals surface area contributed by atoms with Crippen LogP contribution in [-0.4, -0.2) is 12.1 Å². The van der Waals surface area contributed by atoms with Crippen molar-refractivity contribution in [1.82, 2.24) is 5.32 Å². The fraction of sp³-hybridized carbons (Fsp3) is 0.667. The summed E-state index contributed by atoms with van der Waals surface area (Å²) in [6.07, 6.45) is 7.34. The van der Waals surface area contributed by atoms with Crippen molar-refractivity contribution in [3.8, 4) is 0 Å². The van der Waals surface area contributed by atoms with Gasteiger partial charge in [0.05, 0.1) is 0 Å². The zero-order valence-electron chi connectivity index (χ0n) is 13.4. The molecule has 0 amide bonds. The van der Waals surface area contributed by atoms with Crippen LogP contribution in [0.5, 0.6) is 0 Å². The Morgan fingerprint density at radius 3 is 2.48 bits per heavy atom. The highest BCUT2D eigenvalue weighted by molar-refractivity contribution is 9.10. The lowest BCUT2D eigenvalue weighted by molar-refractivity contribution is 0.165. The second-order valence-corrected chi connectivity index (χ2v) is 8.43. The molecule has 1 N–H and O–H groups in total. The number of hydrogen-bond donors (Lipinski definition) is 1. The standard InChI is InChI=1S/C18H27BrFN/c1-17(2,3)21-13-18(9-5-4-6-10-18)12-14-11-15(20)7-8-16(14)19/h7-8,11,21H,4-6,9-10,12-13H2,1-3H3. The fourth-order valence-electron chi connectivity index (χ4n) is 3.25.